The minimum atomic E-state index is -0.522. The van der Waals surface area contributed by atoms with Crippen molar-refractivity contribution >= 4 is 29.5 Å². The summed E-state index contributed by atoms with van der Waals surface area (Å²) >= 11 is 5.95. The van der Waals surface area contributed by atoms with E-state index < -0.39 is 5.97 Å². The largest absolute Gasteiger partial charge is 0.497 e. The van der Waals surface area contributed by atoms with E-state index in [1.165, 1.54) is 0 Å². The SMILES string of the molecule is COc1cc(OC)cc(C2=N/C(=C\c3cccc(Cl)c3)C(=O)O2)c1. The summed E-state index contributed by atoms with van der Waals surface area (Å²) in [7, 11) is 3.09. The number of halogens is 1. The molecule has 2 aromatic carbocycles. The Morgan fingerprint density at radius 2 is 1.79 bits per heavy atom. The van der Waals surface area contributed by atoms with Crippen molar-refractivity contribution in [3.8, 4) is 11.5 Å². The molecule has 1 aliphatic rings. The van der Waals surface area contributed by atoms with Gasteiger partial charge in [0, 0.05) is 16.7 Å². The van der Waals surface area contributed by atoms with Gasteiger partial charge in [-0.2, -0.15) is 0 Å². The van der Waals surface area contributed by atoms with Gasteiger partial charge in [-0.1, -0.05) is 23.7 Å². The van der Waals surface area contributed by atoms with Crippen LogP contribution in [0.5, 0.6) is 11.5 Å². The van der Waals surface area contributed by atoms with Gasteiger partial charge in [0.05, 0.1) is 14.2 Å². The first-order chi connectivity index (χ1) is 11.6. The lowest BCUT2D eigenvalue weighted by Gasteiger charge is -2.07. The summed E-state index contributed by atoms with van der Waals surface area (Å²) in [5, 5.41) is 0.581. The number of carbonyl (C=O) groups excluding carboxylic acids is 1. The third kappa shape index (κ3) is 3.41. The average Bonchev–Trinajstić information content (AvgIpc) is 2.95. The number of esters is 1. The van der Waals surface area contributed by atoms with Crippen molar-refractivity contribution in [3.05, 3.63) is 64.3 Å². The van der Waals surface area contributed by atoms with E-state index in [9.17, 15) is 4.79 Å². The zero-order valence-electron chi connectivity index (χ0n) is 13.1. The molecule has 0 radical (unpaired) electrons. The number of ether oxygens (including phenoxy) is 3. The molecule has 0 saturated carbocycles. The highest BCUT2D eigenvalue weighted by Gasteiger charge is 2.25. The van der Waals surface area contributed by atoms with Crippen LogP contribution in [0.15, 0.2) is 53.2 Å². The Kier molecular flexibility index (Phi) is 4.53. The van der Waals surface area contributed by atoms with Crippen LogP contribution in [-0.2, 0) is 9.53 Å². The molecule has 0 aliphatic carbocycles. The Balaban J connectivity index is 1.97. The first-order valence-electron chi connectivity index (χ1n) is 7.10. The minimum absolute atomic E-state index is 0.200. The van der Waals surface area contributed by atoms with Crippen molar-refractivity contribution in [2.75, 3.05) is 14.2 Å². The van der Waals surface area contributed by atoms with Crippen molar-refractivity contribution in [1.82, 2.24) is 0 Å². The second-order valence-corrected chi connectivity index (χ2v) is 5.43. The molecule has 0 atom stereocenters. The van der Waals surface area contributed by atoms with E-state index in [0.717, 1.165) is 5.56 Å². The van der Waals surface area contributed by atoms with E-state index in [2.05, 4.69) is 4.99 Å². The summed E-state index contributed by atoms with van der Waals surface area (Å²) in [6.45, 7) is 0. The van der Waals surface area contributed by atoms with Crippen LogP contribution in [0.3, 0.4) is 0 Å². The molecule has 1 aliphatic heterocycles. The summed E-state index contributed by atoms with van der Waals surface area (Å²) < 4.78 is 15.7. The van der Waals surface area contributed by atoms with Crippen molar-refractivity contribution in [1.29, 1.82) is 0 Å². The van der Waals surface area contributed by atoms with Gasteiger partial charge >= 0.3 is 5.97 Å². The van der Waals surface area contributed by atoms with Crippen LogP contribution >= 0.6 is 11.6 Å². The predicted octanol–water partition coefficient (Wildman–Crippen LogP) is 3.70. The zero-order chi connectivity index (χ0) is 17.1. The highest BCUT2D eigenvalue weighted by molar-refractivity contribution is 6.30. The maximum atomic E-state index is 12.1. The number of rotatable bonds is 4. The Hall–Kier alpha value is -2.79. The maximum Gasteiger partial charge on any atom is 0.363 e. The topological polar surface area (TPSA) is 57.1 Å². The number of nitrogens with zero attached hydrogens (tertiary/aromatic N) is 1. The highest BCUT2D eigenvalue weighted by Crippen LogP contribution is 2.26. The number of carbonyl (C=O) groups is 1. The van der Waals surface area contributed by atoms with Crippen LogP contribution in [0.4, 0.5) is 0 Å². The molecule has 1 heterocycles. The third-order valence-electron chi connectivity index (χ3n) is 3.37. The number of hydrogen-bond donors (Lipinski definition) is 0. The van der Waals surface area contributed by atoms with Crippen molar-refractivity contribution in [2.45, 2.75) is 0 Å². The zero-order valence-corrected chi connectivity index (χ0v) is 13.8. The van der Waals surface area contributed by atoms with Gasteiger partial charge in [-0.3, -0.25) is 0 Å². The number of benzene rings is 2. The Bertz CT molecular complexity index is 836. The molecule has 0 spiro atoms. The molecule has 6 heteroatoms. The van der Waals surface area contributed by atoms with Gasteiger partial charge in [-0.05, 0) is 35.9 Å². The van der Waals surface area contributed by atoms with E-state index in [1.807, 2.05) is 6.07 Å². The van der Waals surface area contributed by atoms with Gasteiger partial charge in [0.25, 0.3) is 0 Å². The molecular weight excluding hydrogens is 330 g/mol. The Morgan fingerprint density at radius 1 is 1.08 bits per heavy atom. The van der Waals surface area contributed by atoms with Crippen molar-refractivity contribution < 1.29 is 19.0 Å². The highest BCUT2D eigenvalue weighted by atomic mass is 35.5. The van der Waals surface area contributed by atoms with E-state index in [4.69, 9.17) is 25.8 Å². The fraction of sp³-hybridized carbons (Fsp3) is 0.111. The maximum absolute atomic E-state index is 12.1. The van der Waals surface area contributed by atoms with Crippen LogP contribution < -0.4 is 9.47 Å². The lowest BCUT2D eigenvalue weighted by Crippen LogP contribution is -2.06. The van der Waals surface area contributed by atoms with Crippen LogP contribution in [0.1, 0.15) is 11.1 Å². The summed E-state index contributed by atoms with van der Waals surface area (Å²) in [5.74, 6) is 0.836. The molecule has 0 saturated heterocycles. The van der Waals surface area contributed by atoms with Gasteiger partial charge in [0.2, 0.25) is 5.90 Å². The number of methoxy groups -OCH3 is 2. The smallest absolute Gasteiger partial charge is 0.363 e. The number of aliphatic imine (C=N–C) groups is 1. The molecule has 0 amide bonds. The normalized spacial score (nSPS) is 15.2. The molecule has 0 bridgehead atoms. The monoisotopic (exact) mass is 343 g/mol. The lowest BCUT2D eigenvalue weighted by atomic mass is 10.2. The fourth-order valence-electron chi connectivity index (χ4n) is 2.22. The predicted molar refractivity (Wildman–Crippen MR) is 91.6 cm³/mol. The van der Waals surface area contributed by atoms with Crippen LogP contribution in [0.25, 0.3) is 6.08 Å². The van der Waals surface area contributed by atoms with Gasteiger partial charge in [0.1, 0.15) is 11.5 Å². The molecule has 5 nitrogen and oxygen atoms in total. The molecule has 0 N–H and O–H groups in total. The quantitative estimate of drug-likeness (QED) is 0.627. The number of hydrogen-bond acceptors (Lipinski definition) is 5. The van der Waals surface area contributed by atoms with Crippen molar-refractivity contribution in [3.63, 3.8) is 0 Å². The average molecular weight is 344 g/mol. The molecule has 3 rings (SSSR count). The summed E-state index contributed by atoms with van der Waals surface area (Å²) in [6.07, 6.45) is 1.62. The first-order valence-corrected chi connectivity index (χ1v) is 7.48. The van der Waals surface area contributed by atoms with Gasteiger partial charge in [-0.25, -0.2) is 9.79 Å². The third-order valence-corrected chi connectivity index (χ3v) is 3.61. The van der Waals surface area contributed by atoms with Gasteiger partial charge in [-0.15, -0.1) is 0 Å². The molecular formula is C18H14ClNO4. The van der Waals surface area contributed by atoms with E-state index in [-0.39, 0.29) is 11.6 Å². The first kappa shape index (κ1) is 16.1. The van der Waals surface area contributed by atoms with E-state index in [0.29, 0.717) is 22.1 Å². The molecule has 0 unspecified atom stereocenters. The fourth-order valence-corrected chi connectivity index (χ4v) is 2.42. The number of cyclic esters (lactones) is 1. The lowest BCUT2D eigenvalue weighted by molar-refractivity contribution is -0.129. The van der Waals surface area contributed by atoms with Crippen LogP contribution in [0.2, 0.25) is 5.02 Å². The van der Waals surface area contributed by atoms with Gasteiger partial charge in [0.15, 0.2) is 5.70 Å². The Labute approximate surface area is 144 Å². The molecule has 0 fully saturated rings. The molecule has 122 valence electrons. The van der Waals surface area contributed by atoms with Crippen LogP contribution in [-0.4, -0.2) is 26.1 Å². The summed E-state index contributed by atoms with van der Waals surface area (Å²) in [6, 6.07) is 12.3. The second-order valence-electron chi connectivity index (χ2n) is 4.99. The summed E-state index contributed by atoms with van der Waals surface area (Å²) in [4.78, 5) is 16.3. The second kappa shape index (κ2) is 6.76. The molecule has 24 heavy (non-hydrogen) atoms. The van der Waals surface area contributed by atoms with E-state index in [1.54, 1.807) is 56.7 Å². The standard InChI is InChI=1S/C18H14ClNO4/c1-22-14-8-12(9-15(10-14)23-2)17-20-16(18(21)24-17)7-11-4-3-5-13(19)6-11/h3-10H,1-2H3/b16-7-. The summed E-state index contributed by atoms with van der Waals surface area (Å²) in [5.41, 5.74) is 1.56. The Morgan fingerprint density at radius 3 is 2.42 bits per heavy atom. The molecule has 0 aromatic heterocycles. The minimum Gasteiger partial charge on any atom is -0.497 e. The van der Waals surface area contributed by atoms with E-state index >= 15 is 0 Å². The molecule has 2 aromatic rings. The van der Waals surface area contributed by atoms with Gasteiger partial charge < -0.3 is 14.2 Å². The van der Waals surface area contributed by atoms with Crippen LogP contribution in [0, 0.1) is 0 Å². The van der Waals surface area contributed by atoms with Crippen molar-refractivity contribution in [2.24, 2.45) is 4.99 Å².